The van der Waals surface area contributed by atoms with Gasteiger partial charge in [-0.25, -0.2) is 20.0 Å². The van der Waals surface area contributed by atoms with Crippen LogP contribution < -0.4 is 5.32 Å². The van der Waals surface area contributed by atoms with E-state index in [0.717, 1.165) is 58.5 Å². The third-order valence-corrected chi connectivity index (χ3v) is 6.89. The van der Waals surface area contributed by atoms with Gasteiger partial charge in [0, 0.05) is 31.3 Å². The second kappa shape index (κ2) is 9.53. The largest absolute Gasteiger partial charge is 0.325 e. The van der Waals surface area contributed by atoms with E-state index in [1.807, 2.05) is 43.5 Å². The predicted octanol–water partition coefficient (Wildman–Crippen LogP) is 4.95. The first-order chi connectivity index (χ1) is 15.0. The molecule has 8 heteroatoms. The average molecular weight is 438 g/mol. The maximum absolute atomic E-state index is 12.3. The summed E-state index contributed by atoms with van der Waals surface area (Å²) in [6.07, 6.45) is 7.37. The van der Waals surface area contributed by atoms with Gasteiger partial charge in [0.15, 0.2) is 0 Å². The summed E-state index contributed by atoms with van der Waals surface area (Å²) in [6, 6.07) is 9.88. The Morgan fingerprint density at radius 1 is 1.16 bits per heavy atom. The molecular formula is C23H27N5O2S. The van der Waals surface area contributed by atoms with E-state index >= 15 is 0 Å². The highest BCUT2D eigenvalue weighted by molar-refractivity contribution is 7.15. The molecular weight excluding hydrogens is 410 g/mol. The summed E-state index contributed by atoms with van der Waals surface area (Å²) < 4.78 is 0. The fourth-order valence-electron chi connectivity index (χ4n) is 3.91. The molecule has 0 spiro atoms. The number of carbonyl (C=O) groups is 1. The third kappa shape index (κ3) is 5.08. The number of aromatic nitrogens is 3. The highest BCUT2D eigenvalue weighted by Gasteiger charge is 2.30. The molecule has 0 aliphatic heterocycles. The first-order valence-corrected chi connectivity index (χ1v) is 11.3. The summed E-state index contributed by atoms with van der Waals surface area (Å²) in [5.41, 5.74) is 2.04. The van der Waals surface area contributed by atoms with Crippen molar-refractivity contribution in [2.24, 2.45) is 5.92 Å². The van der Waals surface area contributed by atoms with E-state index in [2.05, 4.69) is 15.3 Å². The quantitative estimate of drug-likeness (QED) is 0.550. The maximum atomic E-state index is 12.3. The van der Waals surface area contributed by atoms with E-state index < -0.39 is 0 Å². The molecule has 4 rings (SSSR count). The van der Waals surface area contributed by atoms with E-state index in [4.69, 9.17) is 9.82 Å². The van der Waals surface area contributed by atoms with Crippen LogP contribution >= 0.6 is 11.3 Å². The summed E-state index contributed by atoms with van der Waals surface area (Å²) in [7, 11) is 3.20. The lowest BCUT2D eigenvalue weighted by atomic mass is 9.82. The summed E-state index contributed by atoms with van der Waals surface area (Å²) in [6.45, 7) is 2.04. The molecule has 1 fully saturated rings. The van der Waals surface area contributed by atoms with Crippen molar-refractivity contribution in [3.05, 3.63) is 53.3 Å². The Kier molecular flexibility index (Phi) is 6.58. The highest BCUT2D eigenvalue weighted by atomic mass is 32.1. The van der Waals surface area contributed by atoms with Crippen LogP contribution in [-0.4, -0.2) is 40.1 Å². The lowest BCUT2D eigenvalue weighted by molar-refractivity contribution is -0.174. The van der Waals surface area contributed by atoms with Crippen molar-refractivity contribution in [1.29, 1.82) is 0 Å². The fourth-order valence-corrected chi connectivity index (χ4v) is 4.96. The summed E-state index contributed by atoms with van der Waals surface area (Å²) in [5.74, 6) is 2.04. The Hall–Kier alpha value is -2.84. The van der Waals surface area contributed by atoms with E-state index in [9.17, 15) is 4.79 Å². The number of nitrogens with zero attached hydrogens (tertiary/aromatic N) is 4. The van der Waals surface area contributed by atoms with Crippen LogP contribution in [0.15, 0.2) is 42.7 Å². The number of hydrogen-bond donors (Lipinski definition) is 1. The van der Waals surface area contributed by atoms with Gasteiger partial charge in [-0.3, -0.25) is 9.63 Å². The highest BCUT2D eigenvalue weighted by Crippen LogP contribution is 2.39. The fraction of sp³-hybridized carbons (Fsp3) is 0.391. The molecule has 3 aromatic rings. The maximum Gasteiger partial charge on any atom is 0.248 e. The molecule has 1 saturated carbocycles. The Balaban J connectivity index is 1.42. The minimum absolute atomic E-state index is 0.0419. The summed E-state index contributed by atoms with van der Waals surface area (Å²) in [4.78, 5) is 32.2. The molecule has 31 heavy (non-hydrogen) atoms. The van der Waals surface area contributed by atoms with Gasteiger partial charge in [0.2, 0.25) is 5.91 Å². The van der Waals surface area contributed by atoms with Gasteiger partial charge in [-0.05, 0) is 62.4 Å². The normalized spacial score (nSPS) is 18.5. The number of rotatable bonds is 6. The standard InChI is InChI=1S/C23H27N5O2S/c1-15-11-12-24-21(13-15)27-20-6-4-5-18(26-20)19-14-25-22(31-19)16-7-9-17(10-8-16)23(29)28(2)30-3/h4-6,11-14,16-17H,7-10H2,1-3H3,(H,24,26,27). The molecule has 7 nitrogen and oxygen atoms in total. The van der Waals surface area contributed by atoms with Gasteiger partial charge in [-0.1, -0.05) is 6.07 Å². The van der Waals surface area contributed by atoms with E-state index in [-0.39, 0.29) is 11.8 Å². The Labute approximate surface area is 186 Å². The van der Waals surface area contributed by atoms with Crippen molar-refractivity contribution in [1.82, 2.24) is 20.0 Å². The van der Waals surface area contributed by atoms with Gasteiger partial charge >= 0.3 is 0 Å². The molecule has 0 radical (unpaired) electrons. The molecule has 0 unspecified atom stereocenters. The van der Waals surface area contributed by atoms with Crippen molar-refractivity contribution in [3.8, 4) is 10.6 Å². The zero-order valence-corrected chi connectivity index (χ0v) is 18.9. The second-order valence-electron chi connectivity index (χ2n) is 7.88. The van der Waals surface area contributed by atoms with Crippen LogP contribution in [0.3, 0.4) is 0 Å². The molecule has 1 aliphatic rings. The Bertz CT molecular complexity index is 1050. The van der Waals surface area contributed by atoms with Gasteiger partial charge in [0.1, 0.15) is 11.6 Å². The molecule has 1 N–H and O–H groups in total. The SMILES string of the molecule is CON(C)C(=O)C1CCC(c2ncc(-c3cccc(Nc4cc(C)ccn4)n3)s2)CC1. The zero-order chi connectivity index (χ0) is 21.8. The van der Waals surface area contributed by atoms with Gasteiger partial charge in [-0.2, -0.15) is 0 Å². The molecule has 0 bridgehead atoms. The van der Waals surface area contributed by atoms with Crippen LogP contribution in [-0.2, 0) is 9.63 Å². The number of nitrogens with one attached hydrogen (secondary N) is 1. The molecule has 162 valence electrons. The topological polar surface area (TPSA) is 80.2 Å². The second-order valence-corrected chi connectivity index (χ2v) is 8.94. The number of amides is 1. The first-order valence-electron chi connectivity index (χ1n) is 10.5. The monoisotopic (exact) mass is 437 g/mol. The molecule has 1 amide bonds. The van der Waals surface area contributed by atoms with E-state index in [0.29, 0.717) is 5.92 Å². The van der Waals surface area contributed by atoms with E-state index in [1.54, 1.807) is 24.6 Å². The number of carbonyl (C=O) groups excluding carboxylic acids is 1. The van der Waals surface area contributed by atoms with Crippen LogP contribution in [0, 0.1) is 12.8 Å². The Morgan fingerprint density at radius 2 is 1.97 bits per heavy atom. The summed E-state index contributed by atoms with van der Waals surface area (Å²) in [5, 5.41) is 5.74. The lowest BCUT2D eigenvalue weighted by Gasteiger charge is -2.28. The van der Waals surface area contributed by atoms with Crippen LogP contribution in [0.2, 0.25) is 0 Å². The minimum Gasteiger partial charge on any atom is -0.325 e. The van der Waals surface area contributed by atoms with Crippen LogP contribution in [0.25, 0.3) is 10.6 Å². The van der Waals surface area contributed by atoms with Crippen molar-refractivity contribution in [2.45, 2.75) is 38.5 Å². The van der Waals surface area contributed by atoms with E-state index in [1.165, 1.54) is 12.2 Å². The zero-order valence-electron chi connectivity index (χ0n) is 18.0. The Morgan fingerprint density at radius 3 is 2.71 bits per heavy atom. The number of hydroxylamine groups is 2. The summed E-state index contributed by atoms with van der Waals surface area (Å²) >= 11 is 1.69. The van der Waals surface area contributed by atoms with Crippen LogP contribution in [0.1, 0.15) is 42.2 Å². The molecule has 3 heterocycles. The van der Waals surface area contributed by atoms with Crippen molar-refractivity contribution < 1.29 is 9.63 Å². The minimum atomic E-state index is 0.0419. The van der Waals surface area contributed by atoms with Gasteiger partial charge in [0.05, 0.1) is 22.7 Å². The predicted molar refractivity (Wildman–Crippen MR) is 122 cm³/mol. The van der Waals surface area contributed by atoms with Crippen molar-refractivity contribution in [2.75, 3.05) is 19.5 Å². The molecule has 1 aliphatic carbocycles. The van der Waals surface area contributed by atoms with Gasteiger partial charge < -0.3 is 5.32 Å². The third-order valence-electron chi connectivity index (χ3n) is 5.71. The molecule has 0 aromatic carbocycles. The van der Waals surface area contributed by atoms with Crippen LogP contribution in [0.4, 0.5) is 11.6 Å². The molecule has 0 atom stereocenters. The first kappa shape index (κ1) is 21.4. The van der Waals surface area contributed by atoms with Crippen molar-refractivity contribution >= 4 is 28.9 Å². The number of aryl methyl sites for hydroxylation is 1. The van der Waals surface area contributed by atoms with Gasteiger partial charge in [0.25, 0.3) is 0 Å². The number of thiazole rings is 1. The van der Waals surface area contributed by atoms with Crippen LogP contribution in [0.5, 0.6) is 0 Å². The number of hydrogen-bond acceptors (Lipinski definition) is 7. The average Bonchev–Trinajstić information content (AvgIpc) is 3.29. The smallest absolute Gasteiger partial charge is 0.248 e. The van der Waals surface area contributed by atoms with Gasteiger partial charge in [-0.15, -0.1) is 11.3 Å². The lowest BCUT2D eigenvalue weighted by Crippen LogP contribution is -2.34. The number of anilines is 2. The molecule has 3 aromatic heterocycles. The van der Waals surface area contributed by atoms with Crippen molar-refractivity contribution in [3.63, 3.8) is 0 Å². The molecule has 0 saturated heterocycles. The number of pyridine rings is 2.